The molecule has 0 amide bonds. The number of carbonyl (C=O) groups is 1. The molecule has 1 rings (SSSR count). The predicted octanol–water partition coefficient (Wildman–Crippen LogP) is 1.57. The highest BCUT2D eigenvalue weighted by Gasteiger charge is 2.34. The number of benzene rings is 1. The predicted molar refractivity (Wildman–Crippen MR) is 72.8 cm³/mol. The Balaban J connectivity index is 2.97. The second-order valence-electron chi connectivity index (χ2n) is 4.69. The number of nitrogens with one attached hydrogen (secondary N) is 1. The molecule has 8 heteroatoms. The van der Waals surface area contributed by atoms with E-state index in [1.807, 2.05) is 0 Å². The first-order chi connectivity index (χ1) is 9.75. The molecule has 0 saturated carbocycles. The molecular weight excluding hydrogens is 283 g/mol. The molecule has 0 fully saturated rings. The van der Waals surface area contributed by atoms with E-state index in [4.69, 9.17) is 4.74 Å². The van der Waals surface area contributed by atoms with E-state index in [0.717, 1.165) is 6.07 Å². The number of nitrogens with zero attached hydrogens (tertiary/aromatic N) is 1. The van der Waals surface area contributed by atoms with Crippen LogP contribution in [-0.4, -0.2) is 37.2 Å². The Morgan fingerprint density at radius 2 is 2.14 bits per heavy atom. The number of hydrogen-bond acceptors (Lipinski definition) is 6. The van der Waals surface area contributed by atoms with Gasteiger partial charge in [0.25, 0.3) is 5.69 Å². The van der Waals surface area contributed by atoms with Crippen molar-refractivity contribution < 1.29 is 23.6 Å². The van der Waals surface area contributed by atoms with Gasteiger partial charge in [-0.05, 0) is 27.0 Å². The van der Waals surface area contributed by atoms with Crippen LogP contribution in [0, 0.1) is 22.9 Å². The van der Waals surface area contributed by atoms with Crippen molar-refractivity contribution >= 4 is 11.7 Å². The van der Waals surface area contributed by atoms with Gasteiger partial charge < -0.3 is 14.8 Å². The van der Waals surface area contributed by atoms with Crippen molar-refractivity contribution in [3.63, 3.8) is 0 Å². The lowest BCUT2D eigenvalue weighted by atomic mass is 10.1. The van der Waals surface area contributed by atoms with Crippen LogP contribution in [0.2, 0.25) is 0 Å². The third-order valence-corrected chi connectivity index (χ3v) is 3.15. The number of esters is 1. The van der Waals surface area contributed by atoms with Gasteiger partial charge in [-0.25, -0.2) is 9.18 Å². The average Bonchev–Trinajstić information content (AvgIpc) is 2.46. The minimum absolute atomic E-state index is 0.163. The zero-order chi connectivity index (χ0) is 16.2. The van der Waals surface area contributed by atoms with Gasteiger partial charge in [0.05, 0.1) is 18.1 Å². The molecule has 7 nitrogen and oxygen atoms in total. The molecule has 0 aliphatic carbocycles. The highest BCUT2D eigenvalue weighted by atomic mass is 19.1. The Morgan fingerprint density at radius 3 is 2.62 bits per heavy atom. The number of nitro groups is 1. The molecule has 0 saturated heterocycles. The zero-order valence-electron chi connectivity index (χ0n) is 12.2. The van der Waals surface area contributed by atoms with Crippen molar-refractivity contribution in [1.82, 2.24) is 5.32 Å². The van der Waals surface area contributed by atoms with E-state index < -0.39 is 22.2 Å². The van der Waals surface area contributed by atoms with Crippen LogP contribution in [0.1, 0.15) is 12.5 Å². The molecule has 1 atom stereocenters. The first-order valence-corrected chi connectivity index (χ1v) is 6.10. The summed E-state index contributed by atoms with van der Waals surface area (Å²) in [6.07, 6.45) is 0. The van der Waals surface area contributed by atoms with E-state index in [-0.39, 0.29) is 23.6 Å². The summed E-state index contributed by atoms with van der Waals surface area (Å²) in [5.74, 6) is -1.59. The lowest BCUT2D eigenvalue weighted by Crippen LogP contribution is -2.52. The molecule has 0 aliphatic heterocycles. The molecule has 1 unspecified atom stereocenters. The number of hydrogen-bond donors (Lipinski definition) is 1. The first-order valence-electron chi connectivity index (χ1n) is 6.10. The summed E-state index contributed by atoms with van der Waals surface area (Å²) in [7, 11) is 2.77. The fourth-order valence-electron chi connectivity index (χ4n) is 1.63. The van der Waals surface area contributed by atoms with E-state index in [1.165, 1.54) is 34.1 Å². The largest absolute Gasteiger partial charge is 0.488 e. The fraction of sp³-hybridized carbons (Fsp3) is 0.462. The van der Waals surface area contributed by atoms with Crippen molar-refractivity contribution in [2.45, 2.75) is 19.4 Å². The summed E-state index contributed by atoms with van der Waals surface area (Å²) in [6, 6.07) is 2.01. The number of nitro benzene ring substituents is 1. The molecule has 0 radical (unpaired) electrons. The molecule has 1 N–H and O–H groups in total. The molecule has 0 heterocycles. The molecule has 1 aromatic rings. The number of ether oxygens (including phenoxy) is 2. The van der Waals surface area contributed by atoms with Crippen LogP contribution in [-0.2, 0) is 9.53 Å². The quantitative estimate of drug-likeness (QED) is 0.487. The topological polar surface area (TPSA) is 90.7 Å². The van der Waals surface area contributed by atoms with Crippen LogP contribution in [0.25, 0.3) is 0 Å². The summed E-state index contributed by atoms with van der Waals surface area (Å²) in [5, 5.41) is 13.4. The highest BCUT2D eigenvalue weighted by molar-refractivity contribution is 5.80. The van der Waals surface area contributed by atoms with Gasteiger partial charge in [-0.2, -0.15) is 0 Å². The minimum atomic E-state index is -1.16. The Kier molecular flexibility index (Phi) is 5.20. The maximum Gasteiger partial charge on any atom is 0.329 e. The first kappa shape index (κ1) is 16.8. The molecule has 0 aliphatic rings. The summed E-state index contributed by atoms with van der Waals surface area (Å²) < 4.78 is 23.7. The molecule has 21 heavy (non-hydrogen) atoms. The fourth-order valence-corrected chi connectivity index (χ4v) is 1.63. The van der Waals surface area contributed by atoms with Gasteiger partial charge in [0.15, 0.2) is 11.6 Å². The average molecular weight is 300 g/mol. The normalized spacial score (nSPS) is 13.4. The van der Waals surface area contributed by atoms with Crippen molar-refractivity contribution in [3.05, 3.63) is 33.6 Å². The van der Waals surface area contributed by atoms with Gasteiger partial charge in [0.1, 0.15) is 12.1 Å². The van der Waals surface area contributed by atoms with Crippen LogP contribution in [0.5, 0.6) is 5.75 Å². The third kappa shape index (κ3) is 3.66. The lowest BCUT2D eigenvalue weighted by molar-refractivity contribution is -0.385. The second-order valence-corrected chi connectivity index (χ2v) is 4.69. The summed E-state index contributed by atoms with van der Waals surface area (Å²) in [4.78, 5) is 21.7. The number of methoxy groups -OCH3 is 1. The lowest BCUT2D eigenvalue weighted by Gasteiger charge is -2.26. The molecule has 0 bridgehead atoms. The highest BCUT2D eigenvalue weighted by Crippen LogP contribution is 2.27. The van der Waals surface area contributed by atoms with Gasteiger partial charge >= 0.3 is 5.97 Å². The van der Waals surface area contributed by atoms with Crippen molar-refractivity contribution in [2.24, 2.45) is 0 Å². The zero-order valence-corrected chi connectivity index (χ0v) is 12.2. The third-order valence-electron chi connectivity index (χ3n) is 3.15. The summed E-state index contributed by atoms with van der Waals surface area (Å²) in [5.41, 5.74) is -1.22. The molecule has 0 spiro atoms. The molecular formula is C13H17FN2O5. The van der Waals surface area contributed by atoms with E-state index in [9.17, 15) is 19.3 Å². The Labute approximate surface area is 121 Å². The van der Waals surface area contributed by atoms with Crippen molar-refractivity contribution in [3.8, 4) is 5.75 Å². The monoisotopic (exact) mass is 300 g/mol. The van der Waals surface area contributed by atoms with Gasteiger partial charge in [-0.15, -0.1) is 0 Å². The Morgan fingerprint density at radius 1 is 1.52 bits per heavy atom. The van der Waals surface area contributed by atoms with Crippen molar-refractivity contribution in [2.75, 3.05) is 20.8 Å². The van der Waals surface area contributed by atoms with Crippen LogP contribution >= 0.6 is 0 Å². The van der Waals surface area contributed by atoms with Crippen LogP contribution in [0.15, 0.2) is 12.1 Å². The number of halogens is 1. The minimum Gasteiger partial charge on any atom is -0.488 e. The van der Waals surface area contributed by atoms with Crippen molar-refractivity contribution in [1.29, 1.82) is 0 Å². The molecule has 1 aromatic carbocycles. The number of aryl methyl sites for hydroxylation is 1. The van der Waals surface area contributed by atoms with Gasteiger partial charge in [0.2, 0.25) is 0 Å². The maximum atomic E-state index is 13.8. The Bertz CT molecular complexity index is 564. The second kappa shape index (κ2) is 6.49. The van der Waals surface area contributed by atoms with Crippen LogP contribution < -0.4 is 10.1 Å². The number of carbonyl (C=O) groups excluding carboxylic acids is 1. The number of likely N-dealkylation sites (N-methyl/N-ethyl adjacent to an activating group) is 1. The van der Waals surface area contributed by atoms with Gasteiger partial charge in [-0.3, -0.25) is 10.1 Å². The molecule has 116 valence electrons. The Hall–Kier alpha value is -2.22. The maximum absolute atomic E-state index is 13.8. The molecule has 0 aromatic heterocycles. The summed E-state index contributed by atoms with van der Waals surface area (Å²) in [6.45, 7) is 2.82. The van der Waals surface area contributed by atoms with Crippen LogP contribution in [0.3, 0.4) is 0 Å². The standard InChI is InChI=1S/C13H17FN2O5/c1-8-5-11(9(14)6-10(8)16(18)19)21-7-13(2,15-3)12(17)20-4/h5-6,15H,7H2,1-4H3. The van der Waals surface area contributed by atoms with E-state index in [2.05, 4.69) is 10.1 Å². The van der Waals surface area contributed by atoms with Gasteiger partial charge in [0, 0.05) is 5.56 Å². The smallest absolute Gasteiger partial charge is 0.329 e. The van der Waals surface area contributed by atoms with Gasteiger partial charge in [-0.1, -0.05) is 0 Å². The summed E-state index contributed by atoms with van der Waals surface area (Å²) >= 11 is 0. The van der Waals surface area contributed by atoms with E-state index >= 15 is 0 Å². The number of rotatable bonds is 6. The van der Waals surface area contributed by atoms with Crippen LogP contribution in [0.4, 0.5) is 10.1 Å². The van der Waals surface area contributed by atoms with E-state index in [0.29, 0.717) is 0 Å². The van der Waals surface area contributed by atoms with E-state index in [1.54, 1.807) is 0 Å². The SMILES string of the molecule is CNC(C)(COc1cc(C)c([N+](=O)[O-])cc1F)C(=O)OC.